The van der Waals surface area contributed by atoms with Gasteiger partial charge in [0, 0.05) is 224 Å². The van der Waals surface area contributed by atoms with Crippen molar-refractivity contribution in [2.75, 3.05) is 0 Å². The smallest absolute Gasteiger partial charge is 0.354 e. The molecule has 0 aliphatic carbocycles. The van der Waals surface area contributed by atoms with Crippen molar-refractivity contribution in [1.82, 2.24) is 44.9 Å². The van der Waals surface area contributed by atoms with Crippen LogP contribution in [0.1, 0.15) is 61.5 Å². The first-order valence-corrected chi connectivity index (χ1v) is 39.3. The Kier molecular flexibility index (Phi) is 64.9. The molecule has 17 aromatic rings. The van der Waals surface area contributed by atoms with Crippen molar-refractivity contribution in [2.45, 2.75) is 65.0 Å². The van der Waals surface area contributed by atoms with E-state index in [1.54, 1.807) is 148 Å². The van der Waals surface area contributed by atoms with Crippen molar-refractivity contribution in [3.8, 4) is 77.4 Å². The number of carboxylic acids is 2. The van der Waals surface area contributed by atoms with Crippen LogP contribution < -0.4 is 0 Å². The van der Waals surface area contributed by atoms with E-state index < -0.39 is 35.2 Å². The van der Waals surface area contributed by atoms with Gasteiger partial charge in [0.1, 0.15) is 11.4 Å². The maximum atomic E-state index is 13.2. The molecule has 0 spiro atoms. The van der Waals surface area contributed by atoms with Crippen molar-refractivity contribution in [1.29, 1.82) is 0 Å². The van der Waals surface area contributed by atoms with Crippen LogP contribution in [0.5, 0.6) is 0 Å². The average Bonchev–Trinajstić information content (AvgIpc) is 1.61. The van der Waals surface area contributed by atoms with E-state index in [0.29, 0.717) is 24.2 Å². The topological polar surface area (TPSA) is 272 Å². The summed E-state index contributed by atoms with van der Waals surface area (Å²) < 4.78 is 52.9. The number of hydrogen-bond acceptors (Lipinski definition) is 17. The number of aliphatic hydroxyl groups excluding tert-OH is 4. The van der Waals surface area contributed by atoms with Gasteiger partial charge in [0.15, 0.2) is 0 Å². The molecule has 4 unspecified atom stereocenters. The molecule has 0 saturated heterocycles. The van der Waals surface area contributed by atoms with E-state index in [2.05, 4.69) is 106 Å². The fourth-order valence-corrected chi connectivity index (χ4v) is 11.5. The first-order valence-electron chi connectivity index (χ1n) is 37.6. The molecule has 6 N–H and O–H groups in total. The number of carboxylic acid groups (broad SMARTS) is 2. The monoisotopic (exact) mass is 2400 g/mol. The molecular weight excluding hydrogens is 2310 g/mol. The Labute approximate surface area is 849 Å². The summed E-state index contributed by atoms with van der Waals surface area (Å²) in [4.78, 5) is 58.7. The van der Waals surface area contributed by atoms with Crippen molar-refractivity contribution < 1.29 is 197 Å². The molecule has 0 bridgehead atoms. The van der Waals surface area contributed by atoms with E-state index in [1.165, 1.54) is 34.6 Å². The fourth-order valence-electron chi connectivity index (χ4n) is 9.90. The van der Waals surface area contributed by atoms with Gasteiger partial charge in [-0.15, -0.1) is 161 Å². The fraction of sp³-hybridized carbons (Fsp3) is 0.101. The number of halogens is 4. The number of nitrogens with zero attached hydrogens (tertiary/aromatic N) is 9. The van der Waals surface area contributed by atoms with E-state index >= 15 is 0 Å². The van der Waals surface area contributed by atoms with Gasteiger partial charge >= 0.3 is 11.9 Å². The van der Waals surface area contributed by atoms with Crippen LogP contribution in [0.4, 0.5) is 17.6 Å². The predicted molar refractivity (Wildman–Crippen MR) is 471 cm³/mol. The van der Waals surface area contributed by atoms with Gasteiger partial charge in [-0.1, -0.05) is 137 Å². The number of aliphatic hydroxyl groups is 4. The van der Waals surface area contributed by atoms with Crippen LogP contribution in [0.2, 0.25) is 0 Å². The van der Waals surface area contributed by atoms with Gasteiger partial charge in [0.25, 0.3) is 0 Å². The molecule has 129 heavy (non-hydrogen) atoms. The molecular formula is C99H84F4N9O8Pd3Rh4S2-7. The Hall–Kier alpha value is -9.69. The number of aromatic nitrogens is 9. The van der Waals surface area contributed by atoms with Crippen LogP contribution in [0.25, 0.3) is 87.5 Å². The minimum Gasteiger partial charge on any atom is -0.477 e. The first-order chi connectivity index (χ1) is 59.2. The molecule has 11 aromatic heterocycles. The number of rotatable bonds is 13. The standard InChI is InChI=1S/C13H8NS.2C11H6F2N.3C11H8N.C9H6NS.2C6H5NO2.2C5H12O2.3Pd.4Rh/c1-2-7-12-10(5-1)9-13(15-12)11-6-3-4-8-14-11;2*12-8-4-5-9(10(13)7-8)11-3-1-2-6-14-11;3*1-2-6-10(7-3-1)11-8-4-5-9-12-11;1-2-6-10-8(4-1)9-5-3-7-11-9;2*8-6(9)5-3-1-2-4-7-5;2*1-4(6)3-5(2)7;;;;;;;/h1-8H;2*1-4,6-7H;3*1-6,8-9H;1-4,6-7H;2*1-4H,(H,8,9);2*4-7H,3H2,1-2H3;;;;;;;/q7*-1;;;;;;;;;;;. The Morgan fingerprint density at radius 2 is 0.620 bits per heavy atom. The number of fused-ring (bicyclic) bond motifs is 1. The van der Waals surface area contributed by atoms with Crippen LogP contribution in [0, 0.1) is 65.7 Å². The zero-order valence-corrected chi connectivity index (χ0v) is 81.7. The third-order valence-electron chi connectivity index (χ3n) is 15.3. The Morgan fingerprint density at radius 3 is 0.860 bits per heavy atom. The molecule has 686 valence electrons. The molecule has 11 heterocycles. The molecule has 4 radical (unpaired) electrons. The number of carbonyl (C=O) groups is 2. The second kappa shape index (κ2) is 70.2. The van der Waals surface area contributed by atoms with E-state index in [9.17, 15) is 27.2 Å². The average molecular weight is 2400 g/mol. The van der Waals surface area contributed by atoms with Crippen LogP contribution >= 0.6 is 22.7 Å². The molecule has 0 amide bonds. The summed E-state index contributed by atoms with van der Waals surface area (Å²) in [7, 11) is 0. The summed E-state index contributed by atoms with van der Waals surface area (Å²) in [5.74, 6) is -4.55. The van der Waals surface area contributed by atoms with Crippen LogP contribution in [-0.2, 0) is 139 Å². The molecule has 0 aliphatic rings. The summed E-state index contributed by atoms with van der Waals surface area (Å²) in [5, 5.41) is 54.1. The normalized spacial score (nSPS) is 10.3. The molecule has 17 rings (SSSR count). The third kappa shape index (κ3) is 48.2. The van der Waals surface area contributed by atoms with Crippen LogP contribution in [0.3, 0.4) is 0 Å². The van der Waals surface area contributed by atoms with Gasteiger partial charge in [-0.25, -0.2) is 42.2 Å². The van der Waals surface area contributed by atoms with Crippen molar-refractivity contribution in [2.24, 2.45) is 0 Å². The molecule has 30 heteroatoms. The summed E-state index contributed by atoms with van der Waals surface area (Å²) in [6.45, 7) is 6.64. The molecule has 0 fully saturated rings. The maximum absolute atomic E-state index is 13.2. The maximum Gasteiger partial charge on any atom is 0.354 e. The number of thiophene rings is 2. The van der Waals surface area contributed by atoms with Gasteiger partial charge in [-0.3, -0.25) is 17.6 Å². The largest absolute Gasteiger partial charge is 0.477 e. The van der Waals surface area contributed by atoms with Crippen molar-refractivity contribution >= 4 is 44.7 Å². The molecule has 4 atom stereocenters. The number of benzene rings is 6. The summed E-state index contributed by atoms with van der Waals surface area (Å²) in [6, 6.07) is 108. The van der Waals surface area contributed by atoms with Gasteiger partial charge < -0.3 is 65.5 Å². The molecule has 0 aliphatic heterocycles. The van der Waals surface area contributed by atoms with Crippen molar-refractivity contribution in [3.05, 3.63) is 429 Å². The Bertz CT molecular complexity index is 5200. The van der Waals surface area contributed by atoms with Gasteiger partial charge in [-0.05, 0) is 151 Å². The Morgan fingerprint density at radius 1 is 0.333 bits per heavy atom. The minimum absolute atomic E-state index is 0. The second-order valence-electron chi connectivity index (χ2n) is 25.3. The number of hydrogen-bond donors (Lipinski definition) is 6. The predicted octanol–water partition coefficient (Wildman–Crippen LogP) is 21.5. The third-order valence-corrected chi connectivity index (χ3v) is 17.2. The van der Waals surface area contributed by atoms with Gasteiger partial charge in [0.2, 0.25) is 0 Å². The number of aromatic carboxylic acids is 2. The Balaban J connectivity index is 0.00000140. The summed E-state index contributed by atoms with van der Waals surface area (Å²) >= 11 is 3.39. The quantitative estimate of drug-likeness (QED) is 0.0356. The molecule has 0 saturated carbocycles. The molecule has 6 aromatic carbocycles. The zero-order valence-electron chi connectivity index (χ0n) is 68.8. The second-order valence-corrected chi connectivity index (χ2v) is 27.2. The summed E-state index contributed by atoms with van der Waals surface area (Å²) in [6.07, 6.45) is 14.4. The van der Waals surface area contributed by atoms with E-state index in [0.717, 1.165) is 79.2 Å². The van der Waals surface area contributed by atoms with Gasteiger partial charge in [-0.2, -0.15) is 12.1 Å². The SMILES string of the molecule is CC(O)CC(C)O.CC(O)CC(C)O.Fc1c[c-]c(-c2ccccn2)c(F)c1.Fc1c[c-]c(-c2ccccn2)c(F)c1.O=C(O)c1ccccn1.O=C(O)c1ccccn1.[Pd].[Pd].[Pd].[Rh].[Rh].[Rh].[Rh].[c-]1c(-c2ccccn2)sc2ccccc12.[c-]1ccccc1-c1ccccn1.[c-]1ccccc1-c1ccccn1.[c-]1ccccc1-c1ccccn1.[c-]1ccsc1-c1ccccn1. The van der Waals surface area contributed by atoms with Crippen LogP contribution in [-0.4, -0.2) is 112 Å². The van der Waals surface area contributed by atoms with E-state index in [4.69, 9.17) is 30.6 Å². The zero-order chi connectivity index (χ0) is 87.3. The molecule has 17 nitrogen and oxygen atoms in total. The van der Waals surface area contributed by atoms with Crippen molar-refractivity contribution in [3.63, 3.8) is 0 Å². The summed E-state index contributed by atoms with van der Waals surface area (Å²) in [5.41, 5.74) is 9.47. The van der Waals surface area contributed by atoms with Crippen LogP contribution in [0.15, 0.2) is 352 Å². The first kappa shape index (κ1) is 119. The minimum atomic E-state index is -0.990. The van der Waals surface area contributed by atoms with Gasteiger partial charge in [0.05, 0.1) is 24.4 Å². The number of pyridine rings is 9. The van der Waals surface area contributed by atoms with E-state index in [1.807, 2.05) is 188 Å². The van der Waals surface area contributed by atoms with E-state index in [-0.39, 0.29) is 186 Å².